The number of nitrogens with zero attached hydrogens (tertiary/aromatic N) is 2. The zero-order valence-electron chi connectivity index (χ0n) is 16.5. The van der Waals surface area contributed by atoms with Crippen LogP contribution in [0.15, 0.2) is 53.6 Å². The largest absolute Gasteiger partial charge is 0.358 e. The van der Waals surface area contributed by atoms with Gasteiger partial charge in [0.05, 0.1) is 11.8 Å². The number of hydrogen-bond donors (Lipinski definition) is 1. The highest BCUT2D eigenvalue weighted by molar-refractivity contribution is 7.80. The molecule has 5 rings (SSSR count). The van der Waals surface area contributed by atoms with Gasteiger partial charge in [-0.2, -0.15) is 5.10 Å². The molecule has 0 saturated heterocycles. The Morgan fingerprint density at radius 2 is 1.76 bits per heavy atom. The molecule has 150 valence electrons. The van der Waals surface area contributed by atoms with E-state index in [9.17, 15) is 4.39 Å². The molecule has 1 N–H and O–H groups in total. The summed E-state index contributed by atoms with van der Waals surface area (Å²) in [6, 6.07) is 15.8. The van der Waals surface area contributed by atoms with E-state index in [-0.39, 0.29) is 17.8 Å². The lowest BCUT2D eigenvalue weighted by Gasteiger charge is -2.33. The third-order valence-electron chi connectivity index (χ3n) is 6.58. The van der Waals surface area contributed by atoms with Gasteiger partial charge in [0.2, 0.25) is 0 Å². The number of fused-ring (bicyclic) bond motifs is 3. The van der Waals surface area contributed by atoms with Crippen molar-refractivity contribution in [1.29, 1.82) is 0 Å². The molecule has 2 atom stereocenters. The lowest BCUT2D eigenvalue weighted by Crippen LogP contribution is -2.44. The van der Waals surface area contributed by atoms with Crippen LogP contribution >= 0.6 is 12.2 Å². The molecule has 3 aliphatic rings. The molecule has 0 aromatic heterocycles. The van der Waals surface area contributed by atoms with Crippen LogP contribution in [0.1, 0.15) is 61.3 Å². The number of aryl methyl sites for hydroxylation is 1. The monoisotopic (exact) mass is 407 g/mol. The minimum absolute atomic E-state index is 0.0162. The van der Waals surface area contributed by atoms with Crippen molar-refractivity contribution in [3.8, 4) is 0 Å². The second-order valence-corrected chi connectivity index (χ2v) is 8.80. The molecular weight excluding hydrogens is 381 g/mol. The molecule has 5 heteroatoms. The highest BCUT2D eigenvalue weighted by atomic mass is 32.1. The number of rotatable bonds is 2. The van der Waals surface area contributed by atoms with Gasteiger partial charge < -0.3 is 5.32 Å². The van der Waals surface area contributed by atoms with Crippen LogP contribution in [0.2, 0.25) is 0 Å². The van der Waals surface area contributed by atoms with E-state index in [1.807, 2.05) is 17.1 Å². The van der Waals surface area contributed by atoms with Crippen molar-refractivity contribution in [2.45, 2.75) is 57.0 Å². The Morgan fingerprint density at radius 3 is 2.55 bits per heavy atom. The van der Waals surface area contributed by atoms with Crippen LogP contribution in [-0.4, -0.2) is 21.9 Å². The molecule has 1 fully saturated rings. The number of hydrogen-bond acceptors (Lipinski definition) is 2. The molecule has 3 nitrogen and oxygen atoms in total. The first kappa shape index (κ1) is 18.7. The summed E-state index contributed by atoms with van der Waals surface area (Å²) < 4.78 is 13.6. The van der Waals surface area contributed by atoms with Crippen LogP contribution in [0.5, 0.6) is 0 Å². The van der Waals surface area contributed by atoms with E-state index in [1.54, 1.807) is 12.1 Å². The van der Waals surface area contributed by atoms with Crippen LogP contribution in [0.3, 0.4) is 0 Å². The minimum Gasteiger partial charge on any atom is -0.358 e. The van der Waals surface area contributed by atoms with Crippen molar-refractivity contribution in [2.24, 2.45) is 11.0 Å². The lowest BCUT2D eigenvalue weighted by atomic mass is 9.77. The molecule has 2 aromatic rings. The smallest absolute Gasteiger partial charge is 0.190 e. The maximum absolute atomic E-state index is 13.6. The number of hydrazone groups is 1. The zero-order chi connectivity index (χ0) is 19.8. The molecule has 29 heavy (non-hydrogen) atoms. The summed E-state index contributed by atoms with van der Waals surface area (Å²) in [4.78, 5) is 0. The Labute approximate surface area is 177 Å². The highest BCUT2D eigenvalue weighted by Gasteiger charge is 2.43. The van der Waals surface area contributed by atoms with Crippen molar-refractivity contribution in [1.82, 2.24) is 10.3 Å². The van der Waals surface area contributed by atoms with E-state index in [2.05, 4.69) is 29.6 Å². The van der Waals surface area contributed by atoms with Gasteiger partial charge >= 0.3 is 0 Å². The van der Waals surface area contributed by atoms with Gasteiger partial charge in [0.1, 0.15) is 5.82 Å². The van der Waals surface area contributed by atoms with Gasteiger partial charge in [0.15, 0.2) is 5.11 Å². The Morgan fingerprint density at radius 1 is 1.00 bits per heavy atom. The van der Waals surface area contributed by atoms with E-state index < -0.39 is 0 Å². The number of halogens is 1. The van der Waals surface area contributed by atoms with E-state index in [4.69, 9.17) is 17.3 Å². The van der Waals surface area contributed by atoms with Gasteiger partial charge in [-0.25, -0.2) is 9.40 Å². The van der Waals surface area contributed by atoms with Crippen molar-refractivity contribution < 1.29 is 4.39 Å². The topological polar surface area (TPSA) is 27.6 Å². The van der Waals surface area contributed by atoms with Crippen molar-refractivity contribution in [3.63, 3.8) is 0 Å². The van der Waals surface area contributed by atoms with E-state index >= 15 is 0 Å². The number of benzene rings is 2. The maximum atomic E-state index is 13.6. The van der Waals surface area contributed by atoms with Crippen LogP contribution in [-0.2, 0) is 6.42 Å². The third kappa shape index (κ3) is 3.57. The molecule has 2 aliphatic carbocycles. The first-order valence-electron chi connectivity index (χ1n) is 10.7. The predicted molar refractivity (Wildman–Crippen MR) is 118 cm³/mol. The fourth-order valence-electron chi connectivity index (χ4n) is 5.11. The summed E-state index contributed by atoms with van der Waals surface area (Å²) in [5.41, 5.74) is 4.78. The van der Waals surface area contributed by atoms with Gasteiger partial charge in [0.25, 0.3) is 0 Å². The minimum atomic E-state index is -0.212. The normalized spacial score (nSPS) is 23.9. The average molecular weight is 408 g/mol. The Hall–Kier alpha value is -2.27. The van der Waals surface area contributed by atoms with E-state index in [1.165, 1.54) is 30.4 Å². The second-order valence-electron chi connectivity index (χ2n) is 8.41. The molecule has 1 heterocycles. The van der Waals surface area contributed by atoms with Crippen LogP contribution in [0, 0.1) is 11.7 Å². The van der Waals surface area contributed by atoms with E-state index in [0.717, 1.165) is 37.0 Å². The zero-order valence-corrected chi connectivity index (χ0v) is 17.3. The highest BCUT2D eigenvalue weighted by Crippen LogP contribution is 2.43. The van der Waals surface area contributed by atoms with Gasteiger partial charge in [-0.05, 0) is 61.2 Å². The molecule has 2 aromatic carbocycles. The summed E-state index contributed by atoms with van der Waals surface area (Å²) in [7, 11) is 0. The first-order valence-corrected chi connectivity index (χ1v) is 11.1. The third-order valence-corrected chi connectivity index (χ3v) is 6.89. The Kier molecular flexibility index (Phi) is 5.08. The van der Waals surface area contributed by atoms with Crippen LogP contribution in [0.4, 0.5) is 4.39 Å². The van der Waals surface area contributed by atoms with Crippen LogP contribution < -0.4 is 5.32 Å². The van der Waals surface area contributed by atoms with Crippen LogP contribution in [0.25, 0.3) is 0 Å². The maximum Gasteiger partial charge on any atom is 0.190 e. The molecule has 2 unspecified atom stereocenters. The average Bonchev–Trinajstić information content (AvgIpc) is 3.15. The predicted octanol–water partition coefficient (Wildman–Crippen LogP) is 5.36. The lowest BCUT2D eigenvalue weighted by molar-refractivity contribution is 0.294. The van der Waals surface area contributed by atoms with Gasteiger partial charge in [-0.3, -0.25) is 0 Å². The summed E-state index contributed by atoms with van der Waals surface area (Å²) in [5, 5.41) is 11.3. The van der Waals surface area contributed by atoms with Crippen molar-refractivity contribution in [3.05, 3.63) is 71.0 Å². The van der Waals surface area contributed by atoms with E-state index in [0.29, 0.717) is 11.2 Å². The first-order chi connectivity index (χ1) is 14.2. The van der Waals surface area contributed by atoms with Crippen molar-refractivity contribution >= 4 is 23.0 Å². The molecule has 1 saturated carbocycles. The SMILES string of the molecule is Fc1ccc(C2C3CCc4ccccc4C3=NN2C(=S)NC2CCCCC2)cc1. The second kappa shape index (κ2) is 7.86. The molecule has 0 amide bonds. The Bertz CT molecular complexity index is 933. The summed E-state index contributed by atoms with van der Waals surface area (Å²) in [6.07, 6.45) is 8.22. The van der Waals surface area contributed by atoms with Gasteiger partial charge in [-0.15, -0.1) is 0 Å². The summed E-state index contributed by atoms with van der Waals surface area (Å²) in [5.74, 6) is 0.0535. The molecular formula is C24H26FN3S. The number of nitrogens with one attached hydrogen (secondary N) is 1. The van der Waals surface area contributed by atoms with Gasteiger partial charge in [0, 0.05) is 17.5 Å². The summed E-state index contributed by atoms with van der Waals surface area (Å²) >= 11 is 5.85. The molecule has 0 spiro atoms. The fourth-order valence-corrected chi connectivity index (χ4v) is 5.43. The molecule has 0 bridgehead atoms. The summed E-state index contributed by atoms with van der Waals surface area (Å²) in [6.45, 7) is 0. The standard InChI is InChI=1S/C24H26FN3S/c25-18-13-10-17(11-14-18)23-21-15-12-16-6-4-5-9-20(16)22(21)27-28(23)24(29)26-19-7-2-1-3-8-19/h4-6,9-11,13-14,19,21,23H,1-3,7-8,12,15H2,(H,26,29). The number of thiocarbonyl (C=S) groups is 1. The quantitative estimate of drug-likeness (QED) is 0.680. The Balaban J connectivity index is 1.50. The fraction of sp³-hybridized carbons (Fsp3) is 0.417. The molecule has 0 radical (unpaired) electrons. The van der Waals surface area contributed by atoms with Crippen molar-refractivity contribution in [2.75, 3.05) is 0 Å². The van der Waals surface area contributed by atoms with Gasteiger partial charge in [-0.1, -0.05) is 55.7 Å². The molecule has 1 aliphatic heterocycles.